The van der Waals surface area contributed by atoms with E-state index in [0.717, 1.165) is 19.1 Å². The molecule has 0 amide bonds. The molecule has 2 saturated carbocycles. The highest BCUT2D eigenvalue weighted by Crippen LogP contribution is 2.62. The minimum absolute atomic E-state index is 0.110. The molecular weight excluding hydrogens is 318 g/mol. The lowest BCUT2D eigenvalue weighted by molar-refractivity contribution is -0.171. The largest absolute Gasteiger partial charge is 0.377 e. The molecule has 3 unspecified atom stereocenters. The maximum absolute atomic E-state index is 6.02. The van der Waals surface area contributed by atoms with Crippen LogP contribution in [0.15, 0.2) is 22.5 Å². The summed E-state index contributed by atoms with van der Waals surface area (Å²) in [4.78, 5) is 5.90. The van der Waals surface area contributed by atoms with Gasteiger partial charge in [-0.1, -0.05) is 26.3 Å². The summed E-state index contributed by atoms with van der Waals surface area (Å²) in [5.74, 6) is 1.62. The second-order valence-electron chi connectivity index (χ2n) is 8.24. The molecule has 4 rings (SSSR count). The van der Waals surface area contributed by atoms with Crippen LogP contribution in [0.2, 0.25) is 0 Å². The second kappa shape index (κ2) is 6.03. The summed E-state index contributed by atoms with van der Waals surface area (Å²) in [5.41, 5.74) is 0.501. The Kier molecular flexibility index (Phi) is 4.12. The molecule has 3 atom stereocenters. The van der Waals surface area contributed by atoms with Crippen molar-refractivity contribution in [2.45, 2.75) is 57.1 Å². The highest BCUT2D eigenvalue weighted by atomic mass is 32.1. The number of aliphatic imine (C=N–C) groups is 1. The Labute approximate surface area is 149 Å². The minimum Gasteiger partial charge on any atom is -0.377 e. The zero-order valence-electron chi connectivity index (χ0n) is 15.0. The average Bonchev–Trinajstić information content (AvgIpc) is 3.16. The van der Waals surface area contributed by atoms with Gasteiger partial charge < -0.3 is 15.4 Å². The molecule has 1 aromatic heterocycles. The Balaban J connectivity index is 1.38. The molecule has 0 aromatic carbocycles. The number of guanidine groups is 1. The van der Waals surface area contributed by atoms with Crippen LogP contribution in [0.4, 0.5) is 0 Å². The van der Waals surface area contributed by atoms with Crippen LogP contribution in [0.1, 0.15) is 44.4 Å². The van der Waals surface area contributed by atoms with Gasteiger partial charge in [0, 0.05) is 47.9 Å². The van der Waals surface area contributed by atoms with E-state index < -0.39 is 0 Å². The van der Waals surface area contributed by atoms with Crippen molar-refractivity contribution in [2.75, 3.05) is 20.2 Å². The Hall–Kier alpha value is -1.07. The van der Waals surface area contributed by atoms with E-state index in [0.29, 0.717) is 23.5 Å². The fraction of sp³-hybridized carbons (Fsp3) is 0.737. The van der Waals surface area contributed by atoms with Gasteiger partial charge in [-0.2, -0.15) is 0 Å². The van der Waals surface area contributed by atoms with Crippen LogP contribution in [0.5, 0.6) is 0 Å². The normalized spacial score (nSPS) is 31.3. The highest BCUT2D eigenvalue weighted by molar-refractivity contribution is 7.10. The molecule has 2 aliphatic carbocycles. The van der Waals surface area contributed by atoms with Crippen LogP contribution in [-0.2, 0) is 10.2 Å². The lowest BCUT2D eigenvalue weighted by Crippen LogP contribution is -2.72. The molecule has 3 fully saturated rings. The van der Waals surface area contributed by atoms with E-state index in [4.69, 9.17) is 4.74 Å². The summed E-state index contributed by atoms with van der Waals surface area (Å²) in [7, 11) is 1.88. The fourth-order valence-electron chi connectivity index (χ4n) is 4.85. The Morgan fingerprint density at radius 1 is 1.46 bits per heavy atom. The van der Waals surface area contributed by atoms with Crippen molar-refractivity contribution >= 4 is 17.3 Å². The Morgan fingerprint density at radius 3 is 2.92 bits per heavy atom. The van der Waals surface area contributed by atoms with Gasteiger partial charge in [-0.3, -0.25) is 4.99 Å². The lowest BCUT2D eigenvalue weighted by atomic mass is 9.46. The first-order valence-electron chi connectivity index (χ1n) is 9.20. The van der Waals surface area contributed by atoms with E-state index in [2.05, 4.69) is 47.0 Å². The first kappa shape index (κ1) is 16.4. The molecule has 1 aromatic rings. The van der Waals surface area contributed by atoms with Crippen LogP contribution >= 0.6 is 11.3 Å². The van der Waals surface area contributed by atoms with Gasteiger partial charge >= 0.3 is 0 Å². The third-order valence-electron chi connectivity index (χ3n) is 6.44. The zero-order valence-corrected chi connectivity index (χ0v) is 15.8. The maximum atomic E-state index is 6.02. The first-order valence-corrected chi connectivity index (χ1v) is 10.1. The molecule has 2 N–H and O–H groups in total. The van der Waals surface area contributed by atoms with Crippen molar-refractivity contribution in [3.05, 3.63) is 22.4 Å². The van der Waals surface area contributed by atoms with E-state index in [9.17, 15) is 0 Å². The molecule has 5 heteroatoms. The molecule has 1 aliphatic heterocycles. The summed E-state index contributed by atoms with van der Waals surface area (Å²) in [6, 6.07) is 4.89. The number of rotatable bonds is 4. The highest BCUT2D eigenvalue weighted by Gasteiger charge is 2.66. The van der Waals surface area contributed by atoms with Crippen LogP contribution in [0.25, 0.3) is 0 Å². The monoisotopic (exact) mass is 347 g/mol. The van der Waals surface area contributed by atoms with Gasteiger partial charge in [0.05, 0.1) is 6.10 Å². The van der Waals surface area contributed by atoms with Crippen LogP contribution in [0, 0.1) is 11.3 Å². The number of hydrogen-bond acceptors (Lipinski definition) is 3. The minimum atomic E-state index is 0.110. The Bertz CT molecular complexity index is 606. The number of fused-ring (bicyclic) bond motifs is 2. The van der Waals surface area contributed by atoms with E-state index in [-0.39, 0.29) is 5.41 Å². The van der Waals surface area contributed by atoms with Crippen molar-refractivity contribution in [3.8, 4) is 0 Å². The van der Waals surface area contributed by atoms with Crippen molar-refractivity contribution in [1.82, 2.24) is 10.6 Å². The summed E-state index contributed by atoms with van der Waals surface area (Å²) < 4.78 is 6.02. The molecule has 1 saturated heterocycles. The molecule has 3 aliphatic rings. The van der Waals surface area contributed by atoms with Crippen molar-refractivity contribution in [3.63, 3.8) is 0 Å². The summed E-state index contributed by atoms with van der Waals surface area (Å²) in [6.07, 6.45) is 5.67. The third kappa shape index (κ3) is 2.48. The topological polar surface area (TPSA) is 45.7 Å². The van der Waals surface area contributed by atoms with E-state index in [1.165, 1.54) is 30.6 Å². The molecule has 24 heavy (non-hydrogen) atoms. The summed E-state index contributed by atoms with van der Waals surface area (Å²) >= 11 is 1.83. The fourth-order valence-corrected chi connectivity index (χ4v) is 5.71. The first-order chi connectivity index (χ1) is 11.6. The molecule has 0 radical (unpaired) electrons. The van der Waals surface area contributed by atoms with Crippen LogP contribution < -0.4 is 10.6 Å². The van der Waals surface area contributed by atoms with Crippen molar-refractivity contribution in [2.24, 2.45) is 16.3 Å². The van der Waals surface area contributed by atoms with Crippen molar-refractivity contribution in [1.29, 1.82) is 0 Å². The zero-order chi connectivity index (χ0) is 16.8. The lowest BCUT2D eigenvalue weighted by Gasteiger charge is -2.63. The quantitative estimate of drug-likeness (QED) is 0.650. The van der Waals surface area contributed by atoms with Crippen LogP contribution in [0.3, 0.4) is 0 Å². The average molecular weight is 348 g/mol. The molecule has 1 spiro atoms. The van der Waals surface area contributed by atoms with Gasteiger partial charge in [0.2, 0.25) is 0 Å². The van der Waals surface area contributed by atoms with Crippen molar-refractivity contribution < 1.29 is 4.74 Å². The smallest absolute Gasteiger partial charge is 0.191 e. The maximum Gasteiger partial charge on any atom is 0.191 e. The predicted molar refractivity (Wildman–Crippen MR) is 99.8 cm³/mol. The SMILES string of the molecule is CN=C(NCC(C)(C)c1cccs1)NC1C2CCOC2C12CCC2. The van der Waals surface area contributed by atoms with Gasteiger partial charge in [-0.15, -0.1) is 11.3 Å². The van der Waals surface area contributed by atoms with E-state index in [1.807, 2.05) is 18.4 Å². The molecular formula is C19H29N3OS. The van der Waals surface area contributed by atoms with Crippen LogP contribution in [-0.4, -0.2) is 38.3 Å². The number of nitrogens with one attached hydrogen (secondary N) is 2. The molecule has 0 bridgehead atoms. The van der Waals surface area contributed by atoms with E-state index in [1.54, 1.807) is 0 Å². The predicted octanol–water partition coefficient (Wildman–Crippen LogP) is 3.15. The summed E-state index contributed by atoms with van der Waals surface area (Å²) in [6.45, 7) is 6.40. The number of thiophene rings is 1. The number of ether oxygens (including phenoxy) is 1. The Morgan fingerprint density at radius 2 is 2.29 bits per heavy atom. The van der Waals surface area contributed by atoms with E-state index >= 15 is 0 Å². The van der Waals surface area contributed by atoms with Gasteiger partial charge in [0.1, 0.15) is 0 Å². The standard InChI is InChI=1S/C19H29N3OS/c1-18(2,14-6-4-11-24-14)12-21-17(20-3)22-15-13-7-10-23-16(13)19(15)8-5-9-19/h4,6,11,13,15-16H,5,7-10,12H2,1-3H3,(H2,20,21,22). The number of nitrogens with zero attached hydrogens (tertiary/aromatic N) is 1. The summed E-state index contributed by atoms with van der Waals surface area (Å²) in [5, 5.41) is 9.47. The van der Waals surface area contributed by atoms with Gasteiger partial charge in [-0.25, -0.2) is 0 Å². The van der Waals surface area contributed by atoms with Gasteiger partial charge in [-0.05, 0) is 30.7 Å². The molecule has 132 valence electrons. The third-order valence-corrected chi connectivity index (χ3v) is 7.67. The van der Waals surface area contributed by atoms with Gasteiger partial charge in [0.15, 0.2) is 5.96 Å². The molecule has 2 heterocycles. The molecule has 4 nitrogen and oxygen atoms in total. The van der Waals surface area contributed by atoms with Gasteiger partial charge in [0.25, 0.3) is 0 Å². The second-order valence-corrected chi connectivity index (χ2v) is 9.19. The number of hydrogen-bond donors (Lipinski definition) is 2.